The van der Waals surface area contributed by atoms with Gasteiger partial charge >= 0.3 is 0 Å². The molecule has 0 radical (unpaired) electrons. The van der Waals surface area contributed by atoms with E-state index in [9.17, 15) is 13.2 Å². The Kier molecular flexibility index (Phi) is 2.39. The van der Waals surface area contributed by atoms with Crippen LogP contribution in [0.15, 0.2) is 33.6 Å². The van der Waals surface area contributed by atoms with Crippen LogP contribution in [0, 0.1) is 0 Å². The summed E-state index contributed by atoms with van der Waals surface area (Å²) < 4.78 is 26.8. The fraction of sp³-hybridized carbons (Fsp3) is 0.111. The molecule has 1 aromatic carbocycles. The molecule has 0 aliphatic carbocycles. The van der Waals surface area contributed by atoms with Crippen molar-refractivity contribution >= 4 is 27.5 Å². The molecule has 84 valence electrons. The second kappa shape index (κ2) is 3.60. The summed E-state index contributed by atoms with van der Waals surface area (Å²) >= 11 is 0. The third-order valence-electron chi connectivity index (χ3n) is 2.07. The van der Waals surface area contributed by atoms with Crippen LogP contribution in [0.1, 0.15) is 0 Å². The standard InChI is InChI=1S/C9H9N3O3S/c1-10-9(13)8-11-6-4-2-3-5-7(6)16(14,15)12-8/h2-5H,1H3,(H,10,13)(H,11,12). The van der Waals surface area contributed by atoms with Crippen LogP contribution in [-0.2, 0) is 14.8 Å². The molecule has 1 amide bonds. The maximum atomic E-state index is 11.7. The zero-order valence-corrected chi connectivity index (χ0v) is 9.21. The minimum Gasteiger partial charge on any atom is -0.352 e. The minimum atomic E-state index is -3.78. The van der Waals surface area contributed by atoms with Crippen molar-refractivity contribution < 1.29 is 13.2 Å². The predicted molar refractivity (Wildman–Crippen MR) is 58.8 cm³/mol. The zero-order valence-electron chi connectivity index (χ0n) is 8.39. The van der Waals surface area contributed by atoms with E-state index in [0.717, 1.165) is 0 Å². The number of carbonyl (C=O) groups is 1. The number of fused-ring (bicyclic) bond motifs is 1. The molecule has 16 heavy (non-hydrogen) atoms. The summed E-state index contributed by atoms with van der Waals surface area (Å²) in [6.07, 6.45) is 0. The number of amidine groups is 1. The fourth-order valence-corrected chi connectivity index (χ4v) is 2.45. The molecule has 7 heteroatoms. The van der Waals surface area contributed by atoms with Crippen molar-refractivity contribution in [1.82, 2.24) is 5.32 Å². The van der Waals surface area contributed by atoms with Crippen molar-refractivity contribution in [3.05, 3.63) is 24.3 Å². The summed E-state index contributed by atoms with van der Waals surface area (Å²) in [6.45, 7) is 0. The number of carbonyl (C=O) groups excluding carboxylic acids is 1. The van der Waals surface area contributed by atoms with Crippen molar-refractivity contribution in [2.45, 2.75) is 4.90 Å². The number of anilines is 1. The highest BCUT2D eigenvalue weighted by molar-refractivity contribution is 7.90. The highest BCUT2D eigenvalue weighted by atomic mass is 32.2. The summed E-state index contributed by atoms with van der Waals surface area (Å²) in [4.78, 5) is 11.4. The molecule has 1 aromatic rings. The maximum absolute atomic E-state index is 11.7. The molecule has 0 saturated carbocycles. The molecule has 0 fully saturated rings. The van der Waals surface area contributed by atoms with Crippen LogP contribution in [-0.4, -0.2) is 27.2 Å². The highest BCUT2D eigenvalue weighted by Gasteiger charge is 2.26. The number of nitrogens with zero attached hydrogens (tertiary/aromatic N) is 1. The third kappa shape index (κ3) is 1.65. The molecule has 2 N–H and O–H groups in total. The van der Waals surface area contributed by atoms with Crippen LogP contribution in [0.2, 0.25) is 0 Å². The Morgan fingerprint density at radius 1 is 1.38 bits per heavy atom. The van der Waals surface area contributed by atoms with Gasteiger partial charge in [0.05, 0.1) is 5.69 Å². The number of hydrogen-bond acceptors (Lipinski definition) is 4. The number of benzene rings is 1. The number of rotatable bonds is 1. The second-order valence-electron chi connectivity index (χ2n) is 3.12. The van der Waals surface area contributed by atoms with Crippen molar-refractivity contribution in [3.63, 3.8) is 0 Å². The first-order valence-corrected chi connectivity index (χ1v) is 5.92. The average Bonchev–Trinajstić information content (AvgIpc) is 2.27. The first kappa shape index (κ1) is 10.6. The van der Waals surface area contributed by atoms with Crippen molar-refractivity contribution in [2.75, 3.05) is 12.4 Å². The lowest BCUT2D eigenvalue weighted by Crippen LogP contribution is -2.36. The van der Waals surface area contributed by atoms with Gasteiger partial charge < -0.3 is 10.6 Å². The zero-order chi connectivity index (χ0) is 11.8. The van der Waals surface area contributed by atoms with E-state index in [0.29, 0.717) is 5.69 Å². The average molecular weight is 239 g/mol. The van der Waals surface area contributed by atoms with Gasteiger partial charge in [0.25, 0.3) is 15.9 Å². The lowest BCUT2D eigenvalue weighted by atomic mass is 10.3. The lowest BCUT2D eigenvalue weighted by molar-refractivity contribution is -0.114. The fourth-order valence-electron chi connectivity index (χ4n) is 1.33. The summed E-state index contributed by atoms with van der Waals surface area (Å²) in [6, 6.07) is 6.28. The van der Waals surface area contributed by atoms with Crippen LogP contribution < -0.4 is 10.6 Å². The Balaban J connectivity index is 2.56. The molecule has 6 nitrogen and oxygen atoms in total. The van der Waals surface area contributed by atoms with Gasteiger partial charge in [-0.15, -0.1) is 4.40 Å². The first-order chi connectivity index (χ1) is 7.54. The first-order valence-electron chi connectivity index (χ1n) is 4.48. The van der Waals surface area contributed by atoms with Gasteiger partial charge in [-0.1, -0.05) is 12.1 Å². The van der Waals surface area contributed by atoms with E-state index >= 15 is 0 Å². The molecule has 0 aromatic heterocycles. The number of hydrogen-bond donors (Lipinski definition) is 2. The van der Waals surface area contributed by atoms with Crippen LogP contribution >= 0.6 is 0 Å². The second-order valence-corrected chi connectivity index (χ2v) is 4.69. The number of para-hydroxylation sites is 1. The van der Waals surface area contributed by atoms with E-state index in [2.05, 4.69) is 15.0 Å². The van der Waals surface area contributed by atoms with Crippen LogP contribution in [0.5, 0.6) is 0 Å². The molecule has 1 aliphatic rings. The van der Waals surface area contributed by atoms with E-state index in [1.165, 1.54) is 13.1 Å². The number of likely N-dealkylation sites (N-methyl/N-ethyl adjacent to an activating group) is 1. The van der Waals surface area contributed by atoms with Crippen molar-refractivity contribution in [3.8, 4) is 0 Å². The summed E-state index contributed by atoms with van der Waals surface area (Å²) in [5.74, 6) is -0.792. The van der Waals surface area contributed by atoms with Crippen molar-refractivity contribution in [2.24, 2.45) is 4.40 Å². The van der Waals surface area contributed by atoms with Gasteiger partial charge in [-0.25, -0.2) is 0 Å². The summed E-state index contributed by atoms with van der Waals surface area (Å²) in [7, 11) is -2.38. The van der Waals surface area contributed by atoms with Gasteiger partial charge in [-0.05, 0) is 12.1 Å². The van der Waals surface area contributed by atoms with E-state index < -0.39 is 15.9 Å². The smallest absolute Gasteiger partial charge is 0.287 e. The molecule has 0 atom stereocenters. The van der Waals surface area contributed by atoms with Crippen molar-refractivity contribution in [1.29, 1.82) is 0 Å². The molecule has 0 spiro atoms. The third-order valence-corrected chi connectivity index (χ3v) is 3.41. The minimum absolute atomic E-state index is 0.0719. The Morgan fingerprint density at radius 3 is 2.75 bits per heavy atom. The maximum Gasteiger partial charge on any atom is 0.287 e. The van der Waals surface area contributed by atoms with E-state index in [4.69, 9.17) is 0 Å². The topological polar surface area (TPSA) is 87.6 Å². The van der Waals surface area contributed by atoms with Gasteiger partial charge in [0.15, 0.2) is 0 Å². The largest absolute Gasteiger partial charge is 0.352 e. The van der Waals surface area contributed by atoms with E-state index in [1.807, 2.05) is 0 Å². The molecule has 1 aliphatic heterocycles. The molecular formula is C9H9N3O3S. The number of nitrogens with one attached hydrogen (secondary N) is 2. The lowest BCUT2D eigenvalue weighted by Gasteiger charge is -2.16. The van der Waals surface area contributed by atoms with Gasteiger partial charge in [0.1, 0.15) is 4.90 Å². The number of amides is 1. The molecule has 1 heterocycles. The van der Waals surface area contributed by atoms with Gasteiger partial charge in [-0.3, -0.25) is 4.79 Å². The van der Waals surface area contributed by atoms with E-state index in [1.54, 1.807) is 18.2 Å². The SMILES string of the molecule is CNC(=O)C1=NS(=O)(=O)c2ccccc2N1. The Hall–Kier alpha value is -1.89. The van der Waals surface area contributed by atoms with Gasteiger partial charge in [0.2, 0.25) is 5.84 Å². The highest BCUT2D eigenvalue weighted by Crippen LogP contribution is 2.26. The molecular weight excluding hydrogens is 230 g/mol. The van der Waals surface area contributed by atoms with E-state index in [-0.39, 0.29) is 10.7 Å². The molecule has 0 saturated heterocycles. The van der Waals surface area contributed by atoms with Crippen LogP contribution in [0.25, 0.3) is 0 Å². The predicted octanol–water partition coefficient (Wildman–Crippen LogP) is -0.0547. The van der Waals surface area contributed by atoms with Gasteiger partial charge in [0, 0.05) is 7.05 Å². The summed E-state index contributed by atoms with van der Waals surface area (Å²) in [5, 5.41) is 4.97. The van der Waals surface area contributed by atoms with Crippen LogP contribution in [0.4, 0.5) is 5.69 Å². The Labute approximate surface area is 92.4 Å². The van der Waals surface area contributed by atoms with Gasteiger partial charge in [-0.2, -0.15) is 8.42 Å². The van der Waals surface area contributed by atoms with Crippen LogP contribution in [0.3, 0.4) is 0 Å². The molecule has 2 rings (SSSR count). The Bertz CT molecular complexity index is 577. The summed E-state index contributed by atoms with van der Waals surface area (Å²) in [5.41, 5.74) is 0.358. The number of sulfonamides is 1. The normalized spacial score (nSPS) is 16.7. The molecule has 0 unspecified atom stereocenters. The Morgan fingerprint density at radius 2 is 2.06 bits per heavy atom. The monoisotopic (exact) mass is 239 g/mol. The quantitative estimate of drug-likeness (QED) is 0.719. The molecule has 0 bridgehead atoms.